The van der Waals surface area contributed by atoms with Crippen molar-refractivity contribution in [1.29, 1.82) is 0 Å². The predicted molar refractivity (Wildman–Crippen MR) is 107 cm³/mol. The van der Waals surface area contributed by atoms with Crippen LogP contribution in [0, 0.1) is 6.92 Å². The number of nitrogens with one attached hydrogen (secondary N) is 2. The van der Waals surface area contributed by atoms with E-state index in [0.29, 0.717) is 5.76 Å². The van der Waals surface area contributed by atoms with E-state index >= 15 is 0 Å². The smallest absolute Gasteiger partial charge is 0.259 e. The number of halogens is 1. The summed E-state index contributed by atoms with van der Waals surface area (Å²) in [5.74, 6) is 1.07. The zero-order valence-corrected chi connectivity index (χ0v) is 15.8. The fourth-order valence-electron chi connectivity index (χ4n) is 2.35. The Hall–Kier alpha value is -2.86. The number of para-hydroxylation sites is 1. The van der Waals surface area contributed by atoms with Gasteiger partial charge in [-0.1, -0.05) is 46.3 Å². The van der Waals surface area contributed by atoms with Gasteiger partial charge in [0.25, 0.3) is 5.91 Å². The van der Waals surface area contributed by atoms with Crippen molar-refractivity contribution in [3.63, 3.8) is 0 Å². The van der Waals surface area contributed by atoms with E-state index in [1.54, 1.807) is 6.07 Å². The average Bonchev–Trinajstić information content (AvgIpc) is 3.10. The quantitative estimate of drug-likeness (QED) is 0.460. The Kier molecular flexibility index (Phi) is 5.86. The van der Waals surface area contributed by atoms with E-state index < -0.39 is 0 Å². The van der Waals surface area contributed by atoms with Crippen molar-refractivity contribution in [3.8, 4) is 11.3 Å². The normalized spacial score (nSPS) is 10.8. The molecule has 6 heteroatoms. The Bertz CT molecular complexity index is 917. The number of nitrogens with zero attached hydrogens (tertiary/aromatic N) is 1. The van der Waals surface area contributed by atoms with Gasteiger partial charge in [0.2, 0.25) is 0 Å². The fraction of sp³-hybridized carbons (Fsp3) is 0.100. The van der Waals surface area contributed by atoms with Crippen LogP contribution in [0.3, 0.4) is 0 Å². The molecule has 3 aromatic rings. The van der Waals surface area contributed by atoms with Gasteiger partial charge in [0.1, 0.15) is 11.5 Å². The minimum Gasteiger partial charge on any atom is -0.455 e. The third-order valence-corrected chi connectivity index (χ3v) is 4.25. The summed E-state index contributed by atoms with van der Waals surface area (Å²) in [4.78, 5) is 11.9. The molecule has 0 spiro atoms. The van der Waals surface area contributed by atoms with E-state index in [2.05, 4.69) is 31.8 Å². The molecule has 0 aliphatic rings. The zero-order valence-electron chi connectivity index (χ0n) is 14.2. The number of anilines is 1. The fourth-order valence-corrected chi connectivity index (χ4v) is 2.61. The summed E-state index contributed by atoms with van der Waals surface area (Å²) in [5.41, 5.74) is 5.46. The number of hydrazone groups is 1. The topological polar surface area (TPSA) is 66.6 Å². The lowest BCUT2D eigenvalue weighted by Gasteiger charge is -2.07. The van der Waals surface area contributed by atoms with Crippen molar-refractivity contribution in [1.82, 2.24) is 5.43 Å². The molecule has 26 heavy (non-hydrogen) atoms. The molecule has 1 amide bonds. The molecule has 2 aromatic carbocycles. The summed E-state index contributed by atoms with van der Waals surface area (Å²) in [6.07, 6.45) is 1.48. The lowest BCUT2D eigenvalue weighted by Crippen LogP contribution is -2.26. The molecular weight excluding hydrogens is 394 g/mol. The Morgan fingerprint density at radius 2 is 1.88 bits per heavy atom. The second-order valence-electron chi connectivity index (χ2n) is 5.67. The van der Waals surface area contributed by atoms with Crippen molar-refractivity contribution in [2.75, 3.05) is 11.9 Å². The molecule has 0 fully saturated rings. The lowest BCUT2D eigenvalue weighted by molar-refractivity contribution is -0.119. The van der Waals surface area contributed by atoms with E-state index in [4.69, 9.17) is 4.42 Å². The molecule has 0 radical (unpaired) electrons. The Labute approximate surface area is 160 Å². The van der Waals surface area contributed by atoms with E-state index in [1.807, 2.05) is 61.5 Å². The summed E-state index contributed by atoms with van der Waals surface area (Å²) in [5, 5.41) is 7.01. The van der Waals surface area contributed by atoms with E-state index in [-0.39, 0.29) is 12.5 Å². The van der Waals surface area contributed by atoms with Crippen molar-refractivity contribution in [2.45, 2.75) is 6.92 Å². The van der Waals surface area contributed by atoms with Crippen LogP contribution in [-0.4, -0.2) is 18.7 Å². The molecule has 0 bridgehead atoms. The molecule has 2 N–H and O–H groups in total. The van der Waals surface area contributed by atoms with Crippen molar-refractivity contribution >= 4 is 33.7 Å². The molecular formula is C20H18BrN3O2. The van der Waals surface area contributed by atoms with Crippen LogP contribution in [0.25, 0.3) is 11.3 Å². The van der Waals surface area contributed by atoms with Gasteiger partial charge in [-0.25, -0.2) is 5.43 Å². The lowest BCUT2D eigenvalue weighted by atomic mass is 10.2. The number of aryl methyl sites for hydroxylation is 1. The van der Waals surface area contributed by atoms with Crippen LogP contribution < -0.4 is 10.7 Å². The molecule has 0 saturated carbocycles. The van der Waals surface area contributed by atoms with Crippen LogP contribution in [-0.2, 0) is 4.79 Å². The number of hydrogen-bond donors (Lipinski definition) is 2. The molecule has 0 saturated heterocycles. The van der Waals surface area contributed by atoms with Gasteiger partial charge in [-0.3, -0.25) is 4.79 Å². The van der Waals surface area contributed by atoms with Crippen LogP contribution in [0.15, 0.2) is 74.7 Å². The first-order valence-corrected chi connectivity index (χ1v) is 8.88. The Balaban J connectivity index is 1.51. The van der Waals surface area contributed by atoms with Gasteiger partial charge in [0.15, 0.2) is 0 Å². The average molecular weight is 412 g/mol. The summed E-state index contributed by atoms with van der Waals surface area (Å²) in [6.45, 7) is 2.13. The van der Waals surface area contributed by atoms with Crippen LogP contribution in [0.4, 0.5) is 5.69 Å². The van der Waals surface area contributed by atoms with Crippen molar-refractivity contribution < 1.29 is 9.21 Å². The Morgan fingerprint density at radius 1 is 1.12 bits per heavy atom. The van der Waals surface area contributed by atoms with Gasteiger partial charge in [0, 0.05) is 15.7 Å². The summed E-state index contributed by atoms with van der Waals surface area (Å²) >= 11 is 3.41. The molecule has 0 unspecified atom stereocenters. The molecule has 132 valence electrons. The Morgan fingerprint density at radius 3 is 2.65 bits per heavy atom. The van der Waals surface area contributed by atoms with Gasteiger partial charge < -0.3 is 9.73 Å². The number of hydrogen-bond acceptors (Lipinski definition) is 4. The van der Waals surface area contributed by atoms with Crippen molar-refractivity contribution in [2.24, 2.45) is 5.10 Å². The maximum Gasteiger partial charge on any atom is 0.259 e. The van der Waals surface area contributed by atoms with Crippen LogP contribution in [0.1, 0.15) is 11.3 Å². The first kappa shape index (κ1) is 17.9. The SMILES string of the molecule is Cc1ccccc1NCC(=O)NN=Cc1ccc(-c2ccc(Br)cc2)o1. The summed E-state index contributed by atoms with van der Waals surface area (Å²) < 4.78 is 6.72. The van der Waals surface area contributed by atoms with Gasteiger partial charge in [0.05, 0.1) is 12.8 Å². The molecule has 0 aliphatic heterocycles. The molecule has 3 rings (SSSR count). The van der Waals surface area contributed by atoms with Gasteiger partial charge in [-0.15, -0.1) is 0 Å². The highest BCUT2D eigenvalue weighted by Gasteiger charge is 2.04. The number of amides is 1. The highest BCUT2D eigenvalue weighted by Crippen LogP contribution is 2.23. The molecule has 5 nitrogen and oxygen atoms in total. The largest absolute Gasteiger partial charge is 0.455 e. The minimum atomic E-state index is -0.232. The predicted octanol–water partition coefficient (Wildman–Crippen LogP) is 4.58. The zero-order chi connectivity index (χ0) is 18.4. The third kappa shape index (κ3) is 4.83. The van der Waals surface area contributed by atoms with E-state index in [9.17, 15) is 4.79 Å². The first-order chi connectivity index (χ1) is 12.6. The summed E-state index contributed by atoms with van der Waals surface area (Å²) in [6, 6.07) is 19.3. The number of benzene rings is 2. The van der Waals surface area contributed by atoms with Gasteiger partial charge in [-0.05, 0) is 42.8 Å². The van der Waals surface area contributed by atoms with Gasteiger partial charge >= 0.3 is 0 Å². The van der Waals surface area contributed by atoms with E-state index in [0.717, 1.165) is 27.0 Å². The molecule has 1 heterocycles. The molecule has 1 aromatic heterocycles. The molecule has 0 aliphatic carbocycles. The maximum absolute atomic E-state index is 11.9. The van der Waals surface area contributed by atoms with E-state index in [1.165, 1.54) is 6.21 Å². The highest BCUT2D eigenvalue weighted by molar-refractivity contribution is 9.10. The van der Waals surface area contributed by atoms with Crippen LogP contribution in [0.2, 0.25) is 0 Å². The summed E-state index contributed by atoms with van der Waals surface area (Å²) in [7, 11) is 0. The first-order valence-electron chi connectivity index (χ1n) is 8.09. The van der Waals surface area contributed by atoms with Gasteiger partial charge in [-0.2, -0.15) is 5.10 Å². The standard InChI is InChI=1S/C20H18BrN3O2/c1-14-4-2-3-5-18(14)22-13-20(25)24-23-12-17-10-11-19(26-17)15-6-8-16(21)9-7-15/h2-12,22H,13H2,1H3,(H,24,25). The second-order valence-corrected chi connectivity index (χ2v) is 6.59. The van der Waals surface area contributed by atoms with Crippen molar-refractivity contribution in [3.05, 3.63) is 76.5 Å². The molecule has 0 atom stereocenters. The van der Waals surface area contributed by atoms with Crippen LogP contribution in [0.5, 0.6) is 0 Å². The maximum atomic E-state index is 11.9. The number of carbonyl (C=O) groups excluding carboxylic acids is 1. The monoisotopic (exact) mass is 411 g/mol. The second kappa shape index (κ2) is 8.49. The number of rotatable bonds is 6. The third-order valence-electron chi connectivity index (χ3n) is 3.72. The minimum absolute atomic E-state index is 0.143. The number of carbonyl (C=O) groups is 1. The highest BCUT2D eigenvalue weighted by atomic mass is 79.9. The van der Waals surface area contributed by atoms with Crippen LogP contribution >= 0.6 is 15.9 Å². The number of furan rings is 1.